The molecule has 0 radical (unpaired) electrons. The zero-order valence-electron chi connectivity index (χ0n) is 15.3. The van der Waals surface area contributed by atoms with Gasteiger partial charge in [-0.25, -0.2) is 0 Å². The molecule has 3 aromatic carbocycles. The normalized spacial score (nSPS) is 10.9. The highest BCUT2D eigenvalue weighted by molar-refractivity contribution is 5.74. The Morgan fingerprint density at radius 3 is 2.26 bits per heavy atom. The van der Waals surface area contributed by atoms with Crippen LogP contribution in [0.15, 0.2) is 60.7 Å². The number of aromatic hydroxyl groups is 2. The van der Waals surface area contributed by atoms with Crippen LogP contribution in [0.4, 0.5) is 0 Å². The third kappa shape index (κ3) is 4.42. The highest BCUT2D eigenvalue weighted by atomic mass is 16.5. The summed E-state index contributed by atoms with van der Waals surface area (Å²) in [6.45, 7) is 0. The second-order valence-corrected chi connectivity index (χ2v) is 6.14. The van der Waals surface area contributed by atoms with E-state index in [4.69, 9.17) is 9.47 Å². The van der Waals surface area contributed by atoms with Crippen molar-refractivity contribution in [3.8, 4) is 23.0 Å². The van der Waals surface area contributed by atoms with Crippen molar-refractivity contribution >= 4 is 12.2 Å². The summed E-state index contributed by atoms with van der Waals surface area (Å²) in [5.74, 6) is 1.29. The van der Waals surface area contributed by atoms with E-state index in [0.717, 1.165) is 22.3 Å². The number of rotatable bonds is 6. The molecule has 3 aromatic rings. The van der Waals surface area contributed by atoms with Gasteiger partial charge in [-0.15, -0.1) is 0 Å². The van der Waals surface area contributed by atoms with Crippen LogP contribution in [-0.4, -0.2) is 24.4 Å². The SMILES string of the molecule is COc1cc(C=Cc2cc(O)cc(OC)c2Cc2ccccc2)ccc1O. The standard InChI is InChI=1S/C23H22O4/c1-26-22-15-19(24)14-18(20(22)12-16-6-4-3-5-7-16)10-8-17-9-11-21(25)23(13-17)27-2/h3-11,13-15,24-25H,12H2,1-2H3. The Bertz CT molecular complexity index is 946. The van der Waals surface area contributed by atoms with E-state index in [1.54, 1.807) is 37.4 Å². The predicted molar refractivity (Wildman–Crippen MR) is 107 cm³/mol. The van der Waals surface area contributed by atoms with E-state index in [0.29, 0.717) is 17.9 Å². The first-order valence-corrected chi connectivity index (χ1v) is 8.59. The van der Waals surface area contributed by atoms with E-state index >= 15 is 0 Å². The lowest BCUT2D eigenvalue weighted by Gasteiger charge is -2.13. The molecule has 0 bridgehead atoms. The molecule has 0 saturated carbocycles. The number of phenols is 2. The molecule has 0 aliphatic rings. The van der Waals surface area contributed by atoms with Gasteiger partial charge in [-0.1, -0.05) is 48.6 Å². The molecule has 27 heavy (non-hydrogen) atoms. The smallest absolute Gasteiger partial charge is 0.161 e. The van der Waals surface area contributed by atoms with E-state index in [1.807, 2.05) is 30.4 Å². The Hall–Kier alpha value is -3.40. The number of phenolic OH excluding ortho intramolecular Hbond substituents is 2. The molecule has 0 unspecified atom stereocenters. The fourth-order valence-electron chi connectivity index (χ4n) is 2.96. The Morgan fingerprint density at radius 1 is 0.815 bits per heavy atom. The summed E-state index contributed by atoms with van der Waals surface area (Å²) in [6, 6.07) is 18.6. The second-order valence-electron chi connectivity index (χ2n) is 6.14. The minimum atomic E-state index is 0.0958. The van der Waals surface area contributed by atoms with Gasteiger partial charge in [0.15, 0.2) is 11.5 Å². The molecular weight excluding hydrogens is 340 g/mol. The lowest BCUT2D eigenvalue weighted by Crippen LogP contribution is -1.97. The summed E-state index contributed by atoms with van der Waals surface area (Å²) in [7, 11) is 3.11. The number of ether oxygens (including phenoxy) is 2. The number of hydrogen-bond donors (Lipinski definition) is 2. The van der Waals surface area contributed by atoms with Gasteiger partial charge in [0.25, 0.3) is 0 Å². The largest absolute Gasteiger partial charge is 0.508 e. The van der Waals surface area contributed by atoms with Crippen LogP contribution in [0.5, 0.6) is 23.0 Å². The lowest BCUT2D eigenvalue weighted by molar-refractivity contribution is 0.373. The van der Waals surface area contributed by atoms with Gasteiger partial charge in [0, 0.05) is 18.1 Å². The molecule has 0 aliphatic heterocycles. The van der Waals surface area contributed by atoms with Crippen molar-refractivity contribution in [1.29, 1.82) is 0 Å². The predicted octanol–water partition coefficient (Wildman–Crippen LogP) is 4.88. The Kier molecular flexibility index (Phi) is 5.67. The Morgan fingerprint density at radius 2 is 1.56 bits per heavy atom. The zero-order valence-corrected chi connectivity index (χ0v) is 15.3. The summed E-state index contributed by atoms with van der Waals surface area (Å²) in [5.41, 5.74) is 3.88. The van der Waals surface area contributed by atoms with Crippen molar-refractivity contribution in [2.24, 2.45) is 0 Å². The zero-order chi connectivity index (χ0) is 19.2. The Labute approximate surface area is 158 Å². The number of hydrogen-bond acceptors (Lipinski definition) is 4. The molecule has 3 rings (SSSR count). The van der Waals surface area contributed by atoms with Gasteiger partial charge in [-0.2, -0.15) is 0 Å². The van der Waals surface area contributed by atoms with E-state index in [9.17, 15) is 10.2 Å². The van der Waals surface area contributed by atoms with Gasteiger partial charge in [0.1, 0.15) is 11.5 Å². The first-order valence-electron chi connectivity index (χ1n) is 8.59. The van der Waals surface area contributed by atoms with Crippen molar-refractivity contribution in [1.82, 2.24) is 0 Å². The van der Waals surface area contributed by atoms with Gasteiger partial charge in [-0.05, 0) is 34.9 Å². The van der Waals surface area contributed by atoms with Gasteiger partial charge >= 0.3 is 0 Å². The summed E-state index contributed by atoms with van der Waals surface area (Å²) in [5, 5.41) is 19.8. The maximum atomic E-state index is 10.1. The average Bonchev–Trinajstić information content (AvgIpc) is 2.69. The minimum absolute atomic E-state index is 0.0958. The lowest BCUT2D eigenvalue weighted by atomic mass is 9.97. The summed E-state index contributed by atoms with van der Waals surface area (Å²) >= 11 is 0. The highest BCUT2D eigenvalue weighted by Crippen LogP contribution is 2.32. The molecule has 0 spiro atoms. The monoisotopic (exact) mass is 362 g/mol. The highest BCUT2D eigenvalue weighted by Gasteiger charge is 2.11. The van der Waals surface area contributed by atoms with E-state index in [1.165, 1.54) is 7.11 Å². The molecule has 138 valence electrons. The molecule has 0 heterocycles. The quantitative estimate of drug-likeness (QED) is 0.614. The van der Waals surface area contributed by atoms with Gasteiger partial charge in [-0.3, -0.25) is 0 Å². The van der Waals surface area contributed by atoms with Crippen LogP contribution in [0.1, 0.15) is 22.3 Å². The summed E-state index contributed by atoms with van der Waals surface area (Å²) in [4.78, 5) is 0. The van der Waals surface area contributed by atoms with Crippen LogP contribution in [0.3, 0.4) is 0 Å². The molecule has 0 saturated heterocycles. The second kappa shape index (κ2) is 8.32. The maximum absolute atomic E-state index is 10.1. The van der Waals surface area contributed by atoms with Crippen molar-refractivity contribution in [3.63, 3.8) is 0 Å². The fourth-order valence-corrected chi connectivity index (χ4v) is 2.96. The van der Waals surface area contributed by atoms with Crippen molar-refractivity contribution in [2.45, 2.75) is 6.42 Å². The van der Waals surface area contributed by atoms with Crippen LogP contribution in [0.2, 0.25) is 0 Å². The summed E-state index contributed by atoms with van der Waals surface area (Å²) in [6.07, 6.45) is 4.51. The fraction of sp³-hybridized carbons (Fsp3) is 0.130. The van der Waals surface area contributed by atoms with Crippen LogP contribution < -0.4 is 9.47 Å². The molecule has 2 N–H and O–H groups in total. The first-order chi connectivity index (χ1) is 13.1. The van der Waals surface area contributed by atoms with Crippen LogP contribution in [0, 0.1) is 0 Å². The summed E-state index contributed by atoms with van der Waals surface area (Å²) < 4.78 is 10.6. The van der Waals surface area contributed by atoms with E-state index in [-0.39, 0.29) is 11.5 Å². The van der Waals surface area contributed by atoms with Gasteiger partial charge in [0.2, 0.25) is 0 Å². The maximum Gasteiger partial charge on any atom is 0.161 e. The molecule has 0 amide bonds. The number of benzene rings is 3. The van der Waals surface area contributed by atoms with Crippen LogP contribution >= 0.6 is 0 Å². The van der Waals surface area contributed by atoms with Crippen molar-refractivity contribution < 1.29 is 19.7 Å². The van der Waals surface area contributed by atoms with Crippen LogP contribution in [-0.2, 0) is 6.42 Å². The van der Waals surface area contributed by atoms with Crippen LogP contribution in [0.25, 0.3) is 12.2 Å². The molecule has 0 fully saturated rings. The van der Waals surface area contributed by atoms with E-state index in [2.05, 4.69) is 12.1 Å². The average molecular weight is 362 g/mol. The molecule has 0 aliphatic carbocycles. The van der Waals surface area contributed by atoms with Gasteiger partial charge < -0.3 is 19.7 Å². The molecular formula is C23H22O4. The molecule has 4 heteroatoms. The minimum Gasteiger partial charge on any atom is -0.508 e. The Balaban J connectivity index is 1.99. The van der Waals surface area contributed by atoms with Crippen molar-refractivity contribution in [3.05, 3.63) is 82.9 Å². The molecule has 0 aromatic heterocycles. The van der Waals surface area contributed by atoms with Crippen molar-refractivity contribution in [2.75, 3.05) is 14.2 Å². The van der Waals surface area contributed by atoms with E-state index < -0.39 is 0 Å². The topological polar surface area (TPSA) is 58.9 Å². The third-order valence-corrected chi connectivity index (χ3v) is 4.33. The third-order valence-electron chi connectivity index (χ3n) is 4.33. The first kappa shape index (κ1) is 18.4. The van der Waals surface area contributed by atoms with Gasteiger partial charge in [0.05, 0.1) is 14.2 Å². The molecule has 4 nitrogen and oxygen atoms in total. The number of methoxy groups -OCH3 is 2. The molecule has 0 atom stereocenters.